The number of amides is 3. The van der Waals surface area contributed by atoms with E-state index in [0.717, 1.165) is 0 Å². The molecule has 108 valence electrons. The van der Waals surface area contributed by atoms with E-state index in [1.807, 2.05) is 0 Å². The summed E-state index contributed by atoms with van der Waals surface area (Å²) in [7, 11) is 0. The third kappa shape index (κ3) is 6.19. The fraction of sp³-hybridized carbons (Fsp3) is 0.273. The van der Waals surface area contributed by atoms with Crippen LogP contribution in [0.5, 0.6) is 0 Å². The van der Waals surface area contributed by atoms with E-state index in [1.165, 1.54) is 18.3 Å². The number of carboxylic acid groups (broad SMARTS) is 1. The fourth-order valence-corrected chi connectivity index (χ4v) is 1.25. The number of carbonyl (C=O) groups is 3. The average molecular weight is 282 g/mol. The molecule has 0 saturated carbocycles. The van der Waals surface area contributed by atoms with Crippen LogP contribution in [0.3, 0.4) is 0 Å². The number of nitrogens with one attached hydrogen (secondary N) is 2. The molecule has 0 aliphatic heterocycles. The molecule has 0 saturated heterocycles. The SMILES string of the molecule is NC(=O)OCCNC(=O)Nc1ccc(CC(=O)O)nc1. The first-order chi connectivity index (χ1) is 9.47. The van der Waals surface area contributed by atoms with E-state index in [0.29, 0.717) is 11.4 Å². The largest absolute Gasteiger partial charge is 0.481 e. The van der Waals surface area contributed by atoms with Gasteiger partial charge in [-0.1, -0.05) is 0 Å². The van der Waals surface area contributed by atoms with Crippen LogP contribution >= 0.6 is 0 Å². The van der Waals surface area contributed by atoms with E-state index < -0.39 is 18.1 Å². The molecule has 0 fully saturated rings. The van der Waals surface area contributed by atoms with Gasteiger partial charge in [-0.2, -0.15) is 0 Å². The summed E-state index contributed by atoms with van der Waals surface area (Å²) in [6, 6.07) is 2.52. The van der Waals surface area contributed by atoms with Gasteiger partial charge in [0.05, 0.1) is 30.5 Å². The highest BCUT2D eigenvalue weighted by atomic mass is 16.5. The van der Waals surface area contributed by atoms with E-state index in [4.69, 9.17) is 10.8 Å². The lowest BCUT2D eigenvalue weighted by molar-refractivity contribution is -0.136. The number of hydrogen-bond donors (Lipinski definition) is 4. The lowest BCUT2D eigenvalue weighted by Crippen LogP contribution is -2.32. The van der Waals surface area contributed by atoms with Crippen molar-refractivity contribution in [2.24, 2.45) is 5.73 Å². The summed E-state index contributed by atoms with van der Waals surface area (Å²) in [5.74, 6) is -0.981. The molecule has 1 aromatic rings. The Balaban J connectivity index is 2.34. The fourth-order valence-electron chi connectivity index (χ4n) is 1.25. The van der Waals surface area contributed by atoms with Gasteiger partial charge in [-0.25, -0.2) is 9.59 Å². The Kier molecular flexibility index (Phi) is 5.75. The van der Waals surface area contributed by atoms with Gasteiger partial charge in [-0.15, -0.1) is 0 Å². The molecule has 0 aliphatic carbocycles. The number of nitrogens with zero attached hydrogens (tertiary/aromatic N) is 1. The van der Waals surface area contributed by atoms with Crippen molar-refractivity contribution in [1.29, 1.82) is 0 Å². The number of aliphatic carboxylic acids is 1. The second-order valence-corrected chi connectivity index (χ2v) is 3.66. The monoisotopic (exact) mass is 282 g/mol. The summed E-state index contributed by atoms with van der Waals surface area (Å²) in [6.07, 6.45) is 0.250. The highest BCUT2D eigenvalue weighted by Crippen LogP contribution is 2.06. The molecular formula is C11H14N4O5. The Morgan fingerprint density at radius 2 is 2.10 bits per heavy atom. The van der Waals surface area contributed by atoms with Crippen LogP contribution < -0.4 is 16.4 Å². The molecule has 0 radical (unpaired) electrons. The zero-order chi connectivity index (χ0) is 15.0. The first-order valence-corrected chi connectivity index (χ1v) is 5.61. The predicted molar refractivity (Wildman–Crippen MR) is 68.1 cm³/mol. The molecule has 0 aliphatic rings. The van der Waals surface area contributed by atoms with Crippen molar-refractivity contribution in [3.05, 3.63) is 24.0 Å². The van der Waals surface area contributed by atoms with Crippen LogP contribution in [0, 0.1) is 0 Å². The van der Waals surface area contributed by atoms with Gasteiger partial charge in [0.1, 0.15) is 6.61 Å². The Morgan fingerprint density at radius 3 is 2.65 bits per heavy atom. The highest BCUT2D eigenvalue weighted by Gasteiger charge is 2.04. The molecule has 5 N–H and O–H groups in total. The van der Waals surface area contributed by atoms with Crippen LogP contribution in [0.2, 0.25) is 0 Å². The van der Waals surface area contributed by atoms with Crippen molar-refractivity contribution in [3.63, 3.8) is 0 Å². The van der Waals surface area contributed by atoms with Gasteiger partial charge in [0.15, 0.2) is 0 Å². The summed E-state index contributed by atoms with van der Waals surface area (Å²) in [5, 5.41) is 13.5. The number of carbonyl (C=O) groups excluding carboxylic acids is 2. The maximum atomic E-state index is 11.4. The van der Waals surface area contributed by atoms with Gasteiger partial charge in [0, 0.05) is 0 Å². The van der Waals surface area contributed by atoms with Gasteiger partial charge >= 0.3 is 18.1 Å². The Labute approximate surface area is 114 Å². The molecule has 3 amide bonds. The summed E-state index contributed by atoms with van der Waals surface area (Å²) in [5.41, 5.74) is 5.54. The van der Waals surface area contributed by atoms with Crippen LogP contribution in [0.25, 0.3) is 0 Å². The van der Waals surface area contributed by atoms with Crippen molar-refractivity contribution < 1.29 is 24.2 Å². The standard InChI is InChI=1S/C11H14N4O5/c12-10(18)20-4-3-13-11(19)15-8-2-1-7(14-6-8)5-9(16)17/h1-2,6H,3-5H2,(H2,12,18)(H,16,17)(H2,13,15,19). The molecule has 1 heterocycles. The second kappa shape index (κ2) is 7.56. The van der Waals surface area contributed by atoms with E-state index in [2.05, 4.69) is 20.4 Å². The maximum absolute atomic E-state index is 11.4. The first-order valence-electron chi connectivity index (χ1n) is 5.61. The number of urea groups is 1. The molecule has 1 rings (SSSR count). The smallest absolute Gasteiger partial charge is 0.404 e. The van der Waals surface area contributed by atoms with Gasteiger partial charge in [-0.3, -0.25) is 9.78 Å². The van der Waals surface area contributed by atoms with Gasteiger partial charge in [0.2, 0.25) is 0 Å². The van der Waals surface area contributed by atoms with E-state index in [-0.39, 0.29) is 19.6 Å². The number of hydrogen-bond acceptors (Lipinski definition) is 5. The highest BCUT2D eigenvalue weighted by molar-refractivity contribution is 5.89. The maximum Gasteiger partial charge on any atom is 0.404 e. The molecule has 0 spiro atoms. The Bertz CT molecular complexity index is 488. The number of aromatic nitrogens is 1. The molecule has 9 nitrogen and oxygen atoms in total. The zero-order valence-electron chi connectivity index (χ0n) is 10.5. The number of rotatable bonds is 6. The van der Waals surface area contributed by atoms with E-state index in [1.54, 1.807) is 0 Å². The van der Waals surface area contributed by atoms with Gasteiger partial charge in [-0.05, 0) is 12.1 Å². The van der Waals surface area contributed by atoms with Crippen molar-refractivity contribution in [2.45, 2.75) is 6.42 Å². The minimum atomic E-state index is -0.981. The lowest BCUT2D eigenvalue weighted by Gasteiger charge is -2.07. The summed E-state index contributed by atoms with van der Waals surface area (Å²) >= 11 is 0. The van der Waals surface area contributed by atoms with Gasteiger partial charge in [0.25, 0.3) is 0 Å². The Morgan fingerprint density at radius 1 is 1.35 bits per heavy atom. The normalized spacial score (nSPS) is 9.60. The van der Waals surface area contributed by atoms with Crippen LogP contribution in [-0.4, -0.2) is 41.3 Å². The summed E-state index contributed by atoms with van der Waals surface area (Å²) in [6.45, 7) is 0.0812. The zero-order valence-corrected chi connectivity index (χ0v) is 10.5. The van der Waals surface area contributed by atoms with Crippen LogP contribution in [0.1, 0.15) is 5.69 Å². The summed E-state index contributed by atoms with van der Waals surface area (Å²) in [4.78, 5) is 36.0. The molecule has 9 heteroatoms. The van der Waals surface area contributed by atoms with E-state index >= 15 is 0 Å². The van der Waals surface area contributed by atoms with Crippen molar-refractivity contribution in [1.82, 2.24) is 10.3 Å². The lowest BCUT2D eigenvalue weighted by atomic mass is 10.2. The van der Waals surface area contributed by atoms with Crippen molar-refractivity contribution in [3.8, 4) is 0 Å². The van der Waals surface area contributed by atoms with Crippen LogP contribution in [0.4, 0.5) is 15.3 Å². The minimum Gasteiger partial charge on any atom is -0.481 e. The number of pyridine rings is 1. The number of nitrogens with two attached hydrogens (primary N) is 1. The molecular weight excluding hydrogens is 268 g/mol. The number of anilines is 1. The first kappa shape index (κ1) is 15.2. The quantitative estimate of drug-likeness (QED) is 0.537. The van der Waals surface area contributed by atoms with Crippen molar-refractivity contribution in [2.75, 3.05) is 18.5 Å². The number of carboxylic acids is 1. The second-order valence-electron chi connectivity index (χ2n) is 3.66. The minimum absolute atomic E-state index is 0.0292. The third-order valence-electron chi connectivity index (χ3n) is 2.05. The molecule has 1 aromatic heterocycles. The molecule has 0 unspecified atom stereocenters. The number of ether oxygens (including phenoxy) is 1. The van der Waals surface area contributed by atoms with Gasteiger partial charge < -0.3 is 26.2 Å². The average Bonchev–Trinajstić information content (AvgIpc) is 2.36. The topological polar surface area (TPSA) is 144 Å². The predicted octanol–water partition coefficient (Wildman–Crippen LogP) is -0.0745. The van der Waals surface area contributed by atoms with Crippen LogP contribution in [-0.2, 0) is 16.0 Å². The van der Waals surface area contributed by atoms with E-state index in [9.17, 15) is 14.4 Å². The summed E-state index contributed by atoms with van der Waals surface area (Å²) < 4.78 is 4.42. The van der Waals surface area contributed by atoms with Crippen LogP contribution in [0.15, 0.2) is 18.3 Å². The molecule has 0 aromatic carbocycles. The molecule has 0 bridgehead atoms. The molecule has 20 heavy (non-hydrogen) atoms. The molecule has 0 atom stereocenters. The number of primary amides is 1. The third-order valence-corrected chi connectivity index (χ3v) is 2.05. The van der Waals surface area contributed by atoms with Crippen molar-refractivity contribution >= 4 is 23.8 Å². The Hall–Kier alpha value is -2.84.